The number of piperazine rings is 1. The highest BCUT2D eigenvalue weighted by Crippen LogP contribution is 2.38. The van der Waals surface area contributed by atoms with Gasteiger partial charge in [0.1, 0.15) is 0 Å². The van der Waals surface area contributed by atoms with Crippen molar-refractivity contribution in [3.63, 3.8) is 0 Å². The maximum atomic E-state index is 12.6. The van der Waals surface area contributed by atoms with Gasteiger partial charge in [0.15, 0.2) is 0 Å². The third-order valence-corrected chi connectivity index (χ3v) is 10.5. The molecule has 1 aliphatic carbocycles. The van der Waals surface area contributed by atoms with Crippen molar-refractivity contribution in [3.05, 3.63) is 63.1 Å². The summed E-state index contributed by atoms with van der Waals surface area (Å²) in [4.78, 5) is 4.89. The van der Waals surface area contributed by atoms with Gasteiger partial charge in [-0.25, -0.2) is 12.7 Å². The first kappa shape index (κ1) is 24.7. The van der Waals surface area contributed by atoms with Gasteiger partial charge in [-0.2, -0.15) is 0 Å². The van der Waals surface area contributed by atoms with E-state index < -0.39 is 10.0 Å². The van der Waals surface area contributed by atoms with Crippen molar-refractivity contribution in [3.8, 4) is 0 Å². The molecule has 0 amide bonds. The number of hydrogen-bond acceptors (Lipinski definition) is 4. The van der Waals surface area contributed by atoms with E-state index in [2.05, 4.69) is 21.9 Å². The zero-order chi connectivity index (χ0) is 23.9. The minimum absolute atomic E-state index is 0.114. The number of nitrogens with zero attached hydrogens (tertiary/aromatic N) is 3. The van der Waals surface area contributed by atoms with Crippen LogP contribution < -0.4 is 4.90 Å². The molecule has 2 aromatic rings. The molecule has 9 heteroatoms. The number of halogens is 3. The highest BCUT2D eigenvalue weighted by Gasteiger charge is 2.41. The predicted molar refractivity (Wildman–Crippen MR) is 141 cm³/mol. The van der Waals surface area contributed by atoms with Crippen LogP contribution in [0, 0.1) is 5.92 Å². The summed E-state index contributed by atoms with van der Waals surface area (Å²) in [5.74, 6) is 0.516. The maximum absolute atomic E-state index is 12.6. The fourth-order valence-corrected chi connectivity index (χ4v) is 7.78. The topological polar surface area (TPSA) is 43.9 Å². The highest BCUT2D eigenvalue weighted by atomic mass is 35.5. The zero-order valence-electron chi connectivity index (χ0n) is 19.0. The van der Waals surface area contributed by atoms with Crippen molar-refractivity contribution < 1.29 is 8.42 Å². The second-order valence-electron chi connectivity index (χ2n) is 9.70. The molecule has 184 valence electrons. The number of anilines is 1. The number of benzene rings is 2. The molecule has 0 radical (unpaired) electrons. The van der Waals surface area contributed by atoms with Crippen molar-refractivity contribution in [2.45, 2.75) is 37.0 Å². The van der Waals surface area contributed by atoms with Crippen LogP contribution in [0.25, 0.3) is 0 Å². The standard InChI is InChI=1S/C25H30Cl3N3O2S/c26-20-3-1-19(2-4-20)25-17-29(13-14-31(25)24-8-5-21(27)15-23(24)28)16-18-9-11-30(12-10-18)34(32,33)22-6-7-22/h1-5,8,15,18,22,25H,6-7,9-14,16-17H2/t25-/m0/s1. The second-order valence-corrected chi connectivity index (χ2v) is 13.2. The lowest BCUT2D eigenvalue weighted by Crippen LogP contribution is -2.51. The fourth-order valence-electron chi connectivity index (χ4n) is 5.27. The Morgan fingerprint density at radius 1 is 0.824 bits per heavy atom. The van der Waals surface area contributed by atoms with Crippen LogP contribution >= 0.6 is 34.8 Å². The number of hydrogen-bond donors (Lipinski definition) is 0. The number of sulfonamides is 1. The van der Waals surface area contributed by atoms with Crippen molar-refractivity contribution in [1.29, 1.82) is 0 Å². The molecule has 1 atom stereocenters. The van der Waals surface area contributed by atoms with E-state index in [9.17, 15) is 8.42 Å². The quantitative estimate of drug-likeness (QED) is 0.469. The van der Waals surface area contributed by atoms with Crippen LogP contribution in [0.4, 0.5) is 5.69 Å². The zero-order valence-corrected chi connectivity index (χ0v) is 22.1. The Balaban J connectivity index is 1.28. The summed E-state index contributed by atoms with van der Waals surface area (Å²) in [6, 6.07) is 13.9. The van der Waals surface area contributed by atoms with Crippen LogP contribution in [0.5, 0.6) is 0 Å². The van der Waals surface area contributed by atoms with Gasteiger partial charge in [0.25, 0.3) is 0 Å². The van der Waals surface area contributed by atoms with Gasteiger partial charge >= 0.3 is 0 Å². The molecule has 0 aromatic heterocycles. The van der Waals surface area contributed by atoms with Gasteiger partial charge in [0, 0.05) is 49.3 Å². The Morgan fingerprint density at radius 3 is 2.15 bits per heavy atom. The van der Waals surface area contributed by atoms with Gasteiger partial charge in [-0.1, -0.05) is 46.9 Å². The van der Waals surface area contributed by atoms with Gasteiger partial charge in [0.05, 0.1) is 22.0 Å². The first-order valence-corrected chi connectivity index (χ1v) is 14.6. The molecule has 1 saturated carbocycles. The SMILES string of the molecule is O=S(=O)(C1CC1)N1CCC(CN2CCN(c3ccc(Cl)cc3Cl)[C@H](c3ccc(Cl)cc3)C2)CC1. The molecule has 34 heavy (non-hydrogen) atoms. The van der Waals surface area contributed by atoms with E-state index in [-0.39, 0.29) is 11.3 Å². The minimum atomic E-state index is -3.06. The molecular weight excluding hydrogens is 513 g/mol. The van der Waals surface area contributed by atoms with Crippen molar-refractivity contribution in [2.24, 2.45) is 5.92 Å². The molecule has 0 unspecified atom stereocenters. The van der Waals surface area contributed by atoms with Crippen LogP contribution in [0.3, 0.4) is 0 Å². The van der Waals surface area contributed by atoms with Crippen molar-refractivity contribution in [1.82, 2.24) is 9.21 Å². The monoisotopic (exact) mass is 541 g/mol. The molecule has 3 aliphatic rings. The van der Waals surface area contributed by atoms with Crippen molar-refractivity contribution in [2.75, 3.05) is 44.2 Å². The highest BCUT2D eigenvalue weighted by molar-refractivity contribution is 7.90. The Kier molecular flexibility index (Phi) is 7.37. The molecule has 3 fully saturated rings. The van der Waals surface area contributed by atoms with E-state index in [1.54, 1.807) is 10.4 Å². The number of piperidine rings is 1. The molecule has 2 heterocycles. The first-order chi connectivity index (χ1) is 16.3. The van der Waals surface area contributed by atoms with E-state index in [4.69, 9.17) is 34.8 Å². The minimum Gasteiger partial charge on any atom is -0.361 e. The predicted octanol–water partition coefficient (Wildman–Crippen LogP) is 5.71. The summed E-state index contributed by atoms with van der Waals surface area (Å²) in [5.41, 5.74) is 2.19. The van der Waals surface area contributed by atoms with Crippen LogP contribution in [0.2, 0.25) is 15.1 Å². The Morgan fingerprint density at radius 2 is 1.50 bits per heavy atom. The van der Waals surface area contributed by atoms with Gasteiger partial charge < -0.3 is 4.90 Å². The van der Waals surface area contributed by atoms with E-state index in [1.165, 1.54) is 5.56 Å². The summed E-state index contributed by atoms with van der Waals surface area (Å²) >= 11 is 18.9. The lowest BCUT2D eigenvalue weighted by molar-refractivity contribution is 0.159. The van der Waals surface area contributed by atoms with Gasteiger partial charge in [-0.15, -0.1) is 0 Å². The molecule has 2 aliphatic heterocycles. The molecule has 5 nitrogen and oxygen atoms in total. The smallest absolute Gasteiger partial charge is 0.216 e. The molecular formula is C25H30Cl3N3O2S. The van der Waals surface area contributed by atoms with Crippen LogP contribution in [0.1, 0.15) is 37.3 Å². The van der Waals surface area contributed by atoms with Crippen LogP contribution in [0.15, 0.2) is 42.5 Å². The Labute approximate surface area is 217 Å². The lowest BCUT2D eigenvalue weighted by atomic mass is 9.95. The van der Waals surface area contributed by atoms with Gasteiger partial charge in [-0.3, -0.25) is 4.90 Å². The lowest BCUT2D eigenvalue weighted by Gasteiger charge is -2.45. The van der Waals surface area contributed by atoms with Crippen LogP contribution in [-0.2, 0) is 10.0 Å². The van der Waals surface area contributed by atoms with E-state index in [0.29, 0.717) is 29.1 Å². The fraction of sp³-hybridized carbons (Fsp3) is 0.520. The van der Waals surface area contributed by atoms with E-state index >= 15 is 0 Å². The maximum Gasteiger partial charge on any atom is 0.216 e. The molecule has 2 aromatic carbocycles. The summed E-state index contributed by atoms with van der Waals surface area (Å²) in [6.07, 6.45) is 3.52. The van der Waals surface area contributed by atoms with Gasteiger partial charge in [0.2, 0.25) is 10.0 Å². The van der Waals surface area contributed by atoms with Crippen molar-refractivity contribution >= 4 is 50.5 Å². The molecule has 2 saturated heterocycles. The molecule has 0 N–H and O–H groups in total. The average molecular weight is 543 g/mol. The normalized spacial score (nSPS) is 23.4. The van der Waals surface area contributed by atoms with Crippen LogP contribution in [-0.4, -0.2) is 62.1 Å². The summed E-state index contributed by atoms with van der Waals surface area (Å²) in [5, 5.41) is 1.90. The Hall–Kier alpha value is -1.02. The van der Waals surface area contributed by atoms with E-state index in [1.807, 2.05) is 24.3 Å². The largest absolute Gasteiger partial charge is 0.361 e. The second kappa shape index (κ2) is 10.2. The van der Waals surface area contributed by atoms with Gasteiger partial charge in [-0.05, 0) is 67.5 Å². The first-order valence-electron chi connectivity index (χ1n) is 12.0. The summed E-state index contributed by atoms with van der Waals surface area (Å²) < 4.78 is 26.9. The third-order valence-electron chi connectivity index (χ3n) is 7.33. The molecule has 0 bridgehead atoms. The molecule has 0 spiro atoms. The number of rotatable bonds is 6. The summed E-state index contributed by atoms with van der Waals surface area (Å²) in [7, 11) is -3.06. The molecule has 5 rings (SSSR count). The third kappa shape index (κ3) is 5.37. The summed E-state index contributed by atoms with van der Waals surface area (Å²) in [6.45, 7) is 4.97. The Bertz CT molecular complexity index is 1120. The average Bonchev–Trinajstić information content (AvgIpc) is 3.67. The van der Waals surface area contributed by atoms with E-state index in [0.717, 1.165) is 62.6 Å².